The number of hydrogen-bond donors (Lipinski definition) is 13. The van der Waals surface area contributed by atoms with Gasteiger partial charge in [-0.1, -0.05) is 110 Å². The zero-order valence-electron chi connectivity index (χ0n) is 58.0. The number of carbonyl (C=O) groups is 14. The van der Waals surface area contributed by atoms with Crippen molar-refractivity contribution in [3.8, 4) is 0 Å². The van der Waals surface area contributed by atoms with Gasteiger partial charge in [-0.05, 0) is 112 Å². The molecule has 0 aliphatic carbocycles. The van der Waals surface area contributed by atoms with Crippen LogP contribution in [-0.2, 0) is 73.5 Å². The minimum atomic E-state index is -1.63. The topological polar surface area (TPSA) is 427 Å². The second-order valence-corrected chi connectivity index (χ2v) is 26.8. The number of aromatic amines is 1. The van der Waals surface area contributed by atoms with Crippen molar-refractivity contribution >= 4 is 92.9 Å². The molecule has 3 rings (SSSR count). The number of carbonyl (C=O) groups excluding carboxylic acids is 14. The van der Waals surface area contributed by atoms with Crippen LogP contribution in [0, 0.1) is 17.8 Å². The van der Waals surface area contributed by atoms with E-state index in [2.05, 4.69) is 58.2 Å². The summed E-state index contributed by atoms with van der Waals surface area (Å²) in [7, 11) is 0. The fraction of sp³-hybridized carbons (Fsp3) is 0.676. The van der Waals surface area contributed by atoms with Gasteiger partial charge in [0.05, 0.1) is 54.8 Å². The molecule has 15 N–H and O–H groups in total. The van der Waals surface area contributed by atoms with Gasteiger partial charge in [-0.25, -0.2) is 0 Å². The molecule has 0 saturated carbocycles. The monoisotopic (exact) mass is 1330 g/mol. The molecule has 1 aromatic heterocycles. The van der Waals surface area contributed by atoms with E-state index in [4.69, 9.17) is 11.5 Å². The molecule has 27 heteroatoms. The predicted octanol–water partition coefficient (Wildman–Crippen LogP) is 1.92. The number of fused-ring (bicyclic) bond motifs is 1. The molecule has 2 aromatic rings. The van der Waals surface area contributed by atoms with Gasteiger partial charge < -0.3 is 59.0 Å². The lowest BCUT2D eigenvalue weighted by molar-refractivity contribution is -0.140. The average Bonchev–Trinajstić information content (AvgIpc) is 1.83. The first-order valence-electron chi connectivity index (χ1n) is 33.7. The van der Waals surface area contributed by atoms with Crippen molar-refractivity contribution in [3.05, 3.63) is 36.0 Å². The maximum absolute atomic E-state index is 14.7. The van der Waals surface area contributed by atoms with Crippen LogP contribution in [-0.4, -0.2) is 173 Å². The Labute approximate surface area is 559 Å². The van der Waals surface area contributed by atoms with E-state index in [0.29, 0.717) is 25.7 Å². The quantitative estimate of drug-likeness (QED) is 0.0632. The number of hydrogen-bond acceptors (Lipinski definition) is 18. The Hall–Kier alpha value is -7.62. The van der Waals surface area contributed by atoms with Crippen LogP contribution in [0.15, 0.2) is 30.5 Å². The second kappa shape index (κ2) is 40.1. The van der Waals surface area contributed by atoms with E-state index in [-0.39, 0.29) is 75.8 Å². The van der Waals surface area contributed by atoms with Gasteiger partial charge in [0, 0.05) is 42.5 Å². The standard InChI is InChI=1S/C68H109N13O14/c1-39(2)32-49-37-73-52(28-29-55(69)84)59(88)58(87)44(7)77-65(94)53(33-48-36-72-51-27-23-22-26-50(48)51)74-38-54(83)67(11,75-35-41(4)82)30-24-20-18-16-14-13-15-17-19-21-25-31-68(12,81-64(49)93)66(95)80-47(10)63(92)79-46(9)62(91)78-45(8)61(90)76-43(6)57(86)56(85)42(5)71-34-40(3)60(70)89/h22-23,26-27,36,39-40,42-47,49,52-53,71-75H,13-21,24-25,28-35,37-38H2,1-12H3,(H2,69,84)(H2,70,89)(H,76,90)(H,77,94)(H,78,91)(H,79,92)(H,80,95)(H,81,93)/t40-,42-,43-,44?,45?,46-,47?,49+,52-,53-,67+,68-/m0/s1. The zero-order chi connectivity index (χ0) is 71.3. The SMILES string of the molecule is CC(=O)CN[C@]1(C)CCCCCCCCCCCCC[C@@](C)(C(=O)NC(C)C(=O)N[C@@H](C)C(=O)NC(C)C(=O)N[C@@H](C)C(=O)C(=O)[C@H](C)NC[C@H](C)C(N)=O)NC(=O)[C@H](CC(C)C)CN[C@@H](CCC(N)=O)C(=O)C(=O)C(C)NC(=O)[C@H](Cc2c[nH]c3ccccc23)NCC1=O. The van der Waals surface area contributed by atoms with Gasteiger partial charge in [0.1, 0.15) is 29.4 Å². The summed E-state index contributed by atoms with van der Waals surface area (Å²) in [4.78, 5) is 191. The highest BCUT2D eigenvalue weighted by Crippen LogP contribution is 2.24. The minimum Gasteiger partial charge on any atom is -0.370 e. The summed E-state index contributed by atoms with van der Waals surface area (Å²) in [6.07, 6.45) is 11.4. The highest BCUT2D eigenvalue weighted by atomic mass is 16.2. The lowest BCUT2D eigenvalue weighted by Crippen LogP contribution is -2.62. The van der Waals surface area contributed by atoms with Crippen LogP contribution < -0.4 is 64.6 Å². The Morgan fingerprint density at radius 2 is 1.16 bits per heavy atom. The number of rotatable bonds is 25. The van der Waals surface area contributed by atoms with Crippen molar-refractivity contribution in [2.75, 3.05) is 26.2 Å². The number of ketones is 6. The summed E-state index contributed by atoms with van der Waals surface area (Å²) >= 11 is 0. The fourth-order valence-corrected chi connectivity index (χ4v) is 11.1. The molecule has 95 heavy (non-hydrogen) atoms. The van der Waals surface area contributed by atoms with Crippen LogP contribution in [0.5, 0.6) is 0 Å². The highest BCUT2D eigenvalue weighted by molar-refractivity contribution is 6.41. The molecule has 1 saturated heterocycles. The van der Waals surface area contributed by atoms with E-state index >= 15 is 0 Å². The number of aromatic nitrogens is 1. The molecule has 27 nitrogen and oxygen atoms in total. The first kappa shape index (κ1) is 81.6. The Kier molecular flexibility index (Phi) is 34.4. The van der Waals surface area contributed by atoms with Crippen molar-refractivity contribution < 1.29 is 67.1 Å². The first-order valence-corrected chi connectivity index (χ1v) is 33.7. The molecular weight excluding hydrogens is 1220 g/mol. The molecular formula is C68H109N13O14. The van der Waals surface area contributed by atoms with E-state index < -0.39 is 142 Å². The molecule has 530 valence electrons. The Balaban J connectivity index is 1.88. The molecule has 1 aromatic carbocycles. The Morgan fingerprint density at radius 1 is 0.632 bits per heavy atom. The van der Waals surface area contributed by atoms with Crippen molar-refractivity contribution in [2.45, 2.75) is 252 Å². The van der Waals surface area contributed by atoms with Crippen LogP contribution in [0.25, 0.3) is 10.9 Å². The molecule has 8 amide bonds. The molecule has 0 spiro atoms. The van der Waals surface area contributed by atoms with Gasteiger partial charge in [-0.3, -0.25) is 77.8 Å². The minimum absolute atomic E-state index is 0.0355. The van der Waals surface area contributed by atoms with E-state index in [0.717, 1.165) is 67.8 Å². The van der Waals surface area contributed by atoms with Gasteiger partial charge >= 0.3 is 0 Å². The molecule has 1 aliphatic rings. The average molecular weight is 1330 g/mol. The largest absolute Gasteiger partial charge is 0.370 e. The highest BCUT2D eigenvalue weighted by Gasteiger charge is 2.40. The Morgan fingerprint density at radius 3 is 1.71 bits per heavy atom. The molecule has 1 aliphatic heterocycles. The van der Waals surface area contributed by atoms with Gasteiger partial charge in [0.15, 0.2) is 5.78 Å². The van der Waals surface area contributed by atoms with Crippen LogP contribution in [0.2, 0.25) is 0 Å². The molecule has 2 heterocycles. The number of benzene rings is 1. The molecule has 12 atom stereocenters. The molecule has 1 fully saturated rings. The third kappa shape index (κ3) is 27.6. The number of nitrogens with one attached hydrogen (secondary N) is 11. The number of para-hydroxylation sites is 1. The summed E-state index contributed by atoms with van der Waals surface area (Å²) in [5.41, 5.74) is 9.63. The maximum Gasteiger partial charge on any atom is 0.246 e. The lowest BCUT2D eigenvalue weighted by Gasteiger charge is -2.33. The number of nitrogens with two attached hydrogens (primary N) is 2. The van der Waals surface area contributed by atoms with Gasteiger partial charge in [0.25, 0.3) is 0 Å². The van der Waals surface area contributed by atoms with Crippen LogP contribution in [0.3, 0.4) is 0 Å². The summed E-state index contributed by atoms with van der Waals surface area (Å²) in [5.74, 6) is -11.7. The fourth-order valence-electron chi connectivity index (χ4n) is 11.1. The number of H-pyrrole nitrogens is 1. The van der Waals surface area contributed by atoms with E-state index in [1.165, 1.54) is 48.5 Å². The summed E-state index contributed by atoms with van der Waals surface area (Å²) in [5, 5.41) is 28.7. The second-order valence-electron chi connectivity index (χ2n) is 26.8. The lowest BCUT2D eigenvalue weighted by atomic mass is 9.88. The molecule has 0 radical (unpaired) electrons. The number of Topliss-reactive ketones (excluding diaryl/α,β-unsaturated/α-hetero) is 6. The molecule has 3 unspecified atom stereocenters. The Bertz CT molecular complexity index is 3010. The van der Waals surface area contributed by atoms with Crippen molar-refractivity contribution in [3.63, 3.8) is 0 Å². The third-order valence-corrected chi connectivity index (χ3v) is 17.6. The number of amides is 8. The zero-order valence-corrected chi connectivity index (χ0v) is 58.0. The first-order chi connectivity index (χ1) is 44.6. The van der Waals surface area contributed by atoms with Crippen molar-refractivity contribution in [1.82, 2.24) is 58.2 Å². The van der Waals surface area contributed by atoms with Crippen molar-refractivity contribution in [2.24, 2.45) is 29.2 Å². The van der Waals surface area contributed by atoms with Crippen LogP contribution >= 0.6 is 0 Å². The third-order valence-electron chi connectivity index (χ3n) is 17.6. The molecule has 0 bridgehead atoms. The van der Waals surface area contributed by atoms with E-state index in [1.807, 2.05) is 38.1 Å². The van der Waals surface area contributed by atoms with Crippen LogP contribution in [0.1, 0.15) is 191 Å². The maximum atomic E-state index is 14.7. The van der Waals surface area contributed by atoms with Gasteiger partial charge in [0.2, 0.25) is 70.4 Å². The smallest absolute Gasteiger partial charge is 0.246 e. The van der Waals surface area contributed by atoms with Crippen molar-refractivity contribution in [1.29, 1.82) is 0 Å². The van der Waals surface area contributed by atoms with Gasteiger partial charge in [-0.2, -0.15) is 0 Å². The van der Waals surface area contributed by atoms with E-state index in [9.17, 15) is 67.1 Å². The summed E-state index contributed by atoms with van der Waals surface area (Å²) in [6, 6.07) is -2.46. The normalized spacial score (nSPS) is 23.7. The number of primary amides is 2. The summed E-state index contributed by atoms with van der Waals surface area (Å²) in [6.45, 7) is 17.7. The van der Waals surface area contributed by atoms with Crippen LogP contribution in [0.4, 0.5) is 0 Å². The van der Waals surface area contributed by atoms with E-state index in [1.54, 1.807) is 27.0 Å². The summed E-state index contributed by atoms with van der Waals surface area (Å²) < 4.78 is 0. The van der Waals surface area contributed by atoms with Gasteiger partial charge in [-0.15, -0.1) is 0 Å². The predicted molar refractivity (Wildman–Crippen MR) is 359 cm³/mol.